The van der Waals surface area contributed by atoms with E-state index in [0.29, 0.717) is 0 Å². The largest absolute Gasteiger partial charge is 0.303 e. The van der Waals surface area contributed by atoms with Gasteiger partial charge in [-0.15, -0.1) is 0 Å². The van der Waals surface area contributed by atoms with Crippen LogP contribution in [0.5, 0.6) is 0 Å². The molecule has 1 aromatic carbocycles. The van der Waals surface area contributed by atoms with Crippen LogP contribution in [-0.2, 0) is 6.42 Å². The lowest BCUT2D eigenvalue weighted by Gasteiger charge is -2.27. The Morgan fingerprint density at radius 2 is 1.80 bits per heavy atom. The first-order chi connectivity index (χ1) is 9.85. The SMILES string of the molecule is CCCN(CCC)CCC[C@H]1CCCc2ccccc21. The summed E-state index contributed by atoms with van der Waals surface area (Å²) in [6, 6.07) is 9.13. The highest BCUT2D eigenvalue weighted by Crippen LogP contribution is 2.34. The van der Waals surface area contributed by atoms with Gasteiger partial charge in [-0.2, -0.15) is 0 Å². The Morgan fingerprint density at radius 1 is 1.05 bits per heavy atom. The van der Waals surface area contributed by atoms with E-state index >= 15 is 0 Å². The molecule has 0 unspecified atom stereocenters. The average Bonchev–Trinajstić information content (AvgIpc) is 2.48. The molecule has 0 N–H and O–H groups in total. The third kappa shape index (κ3) is 4.34. The molecular weight excluding hydrogens is 242 g/mol. The summed E-state index contributed by atoms with van der Waals surface area (Å²) in [5, 5.41) is 0. The van der Waals surface area contributed by atoms with Gasteiger partial charge in [-0.3, -0.25) is 0 Å². The van der Waals surface area contributed by atoms with Gasteiger partial charge in [0.1, 0.15) is 0 Å². The molecule has 1 heteroatoms. The predicted molar refractivity (Wildman–Crippen MR) is 88.4 cm³/mol. The van der Waals surface area contributed by atoms with E-state index in [2.05, 4.69) is 43.0 Å². The molecule has 0 fully saturated rings. The molecule has 0 bridgehead atoms. The fourth-order valence-electron chi connectivity index (χ4n) is 3.68. The summed E-state index contributed by atoms with van der Waals surface area (Å²) in [5.74, 6) is 0.824. The maximum Gasteiger partial charge on any atom is -0.00185 e. The van der Waals surface area contributed by atoms with Crippen LogP contribution in [0.2, 0.25) is 0 Å². The first-order valence-electron chi connectivity index (χ1n) is 8.65. The van der Waals surface area contributed by atoms with Gasteiger partial charge in [0.05, 0.1) is 0 Å². The van der Waals surface area contributed by atoms with Crippen molar-refractivity contribution < 1.29 is 0 Å². The minimum atomic E-state index is 0.824. The minimum Gasteiger partial charge on any atom is -0.303 e. The van der Waals surface area contributed by atoms with Gasteiger partial charge in [0.2, 0.25) is 0 Å². The summed E-state index contributed by atoms with van der Waals surface area (Å²) in [6.07, 6.45) is 9.39. The molecule has 0 saturated heterocycles. The Labute approximate surface area is 125 Å². The second kappa shape index (κ2) is 8.46. The fraction of sp³-hybridized carbons (Fsp3) is 0.684. The summed E-state index contributed by atoms with van der Waals surface area (Å²) in [7, 11) is 0. The molecule has 1 aliphatic carbocycles. The molecule has 0 radical (unpaired) electrons. The van der Waals surface area contributed by atoms with Crippen molar-refractivity contribution in [3.8, 4) is 0 Å². The van der Waals surface area contributed by atoms with Crippen molar-refractivity contribution >= 4 is 0 Å². The fourth-order valence-corrected chi connectivity index (χ4v) is 3.68. The minimum absolute atomic E-state index is 0.824. The zero-order valence-corrected chi connectivity index (χ0v) is 13.4. The number of aryl methyl sites for hydroxylation is 1. The van der Waals surface area contributed by atoms with Gasteiger partial charge in [-0.05, 0) is 81.6 Å². The van der Waals surface area contributed by atoms with Crippen molar-refractivity contribution in [3.63, 3.8) is 0 Å². The van der Waals surface area contributed by atoms with Gasteiger partial charge in [0.25, 0.3) is 0 Å². The van der Waals surface area contributed by atoms with Crippen LogP contribution >= 0.6 is 0 Å². The van der Waals surface area contributed by atoms with Gasteiger partial charge in [0.15, 0.2) is 0 Å². The Hall–Kier alpha value is -0.820. The molecule has 0 aromatic heterocycles. The number of hydrogen-bond acceptors (Lipinski definition) is 1. The van der Waals surface area contributed by atoms with Crippen LogP contribution < -0.4 is 0 Å². The zero-order valence-electron chi connectivity index (χ0n) is 13.4. The van der Waals surface area contributed by atoms with E-state index in [0.717, 1.165) is 5.92 Å². The average molecular weight is 273 g/mol. The van der Waals surface area contributed by atoms with Crippen LogP contribution in [0.4, 0.5) is 0 Å². The van der Waals surface area contributed by atoms with E-state index in [-0.39, 0.29) is 0 Å². The van der Waals surface area contributed by atoms with E-state index in [1.807, 2.05) is 0 Å². The van der Waals surface area contributed by atoms with E-state index in [4.69, 9.17) is 0 Å². The smallest absolute Gasteiger partial charge is 0.00185 e. The molecule has 1 aliphatic rings. The van der Waals surface area contributed by atoms with E-state index in [9.17, 15) is 0 Å². The maximum absolute atomic E-state index is 2.65. The Balaban J connectivity index is 1.82. The lowest BCUT2D eigenvalue weighted by atomic mass is 9.80. The van der Waals surface area contributed by atoms with E-state index in [1.165, 1.54) is 64.6 Å². The molecule has 1 aromatic rings. The first kappa shape index (κ1) is 15.6. The van der Waals surface area contributed by atoms with Crippen molar-refractivity contribution in [2.75, 3.05) is 19.6 Å². The second-order valence-corrected chi connectivity index (χ2v) is 6.27. The number of rotatable bonds is 8. The van der Waals surface area contributed by atoms with E-state index in [1.54, 1.807) is 11.1 Å². The van der Waals surface area contributed by atoms with Crippen LogP contribution in [0.3, 0.4) is 0 Å². The highest BCUT2D eigenvalue weighted by molar-refractivity contribution is 5.32. The van der Waals surface area contributed by atoms with Crippen molar-refractivity contribution in [1.29, 1.82) is 0 Å². The molecule has 1 atom stereocenters. The molecular formula is C19H31N. The summed E-state index contributed by atoms with van der Waals surface area (Å²) < 4.78 is 0. The second-order valence-electron chi connectivity index (χ2n) is 6.27. The molecule has 1 nitrogen and oxygen atoms in total. The molecule has 112 valence electrons. The molecule has 0 spiro atoms. The number of fused-ring (bicyclic) bond motifs is 1. The highest BCUT2D eigenvalue weighted by Gasteiger charge is 2.19. The van der Waals surface area contributed by atoms with Crippen LogP contribution in [0.25, 0.3) is 0 Å². The summed E-state index contributed by atoms with van der Waals surface area (Å²) in [4.78, 5) is 2.65. The van der Waals surface area contributed by atoms with Gasteiger partial charge < -0.3 is 4.90 Å². The van der Waals surface area contributed by atoms with Crippen molar-refractivity contribution in [1.82, 2.24) is 4.90 Å². The van der Waals surface area contributed by atoms with Crippen molar-refractivity contribution in [2.45, 2.75) is 64.7 Å². The van der Waals surface area contributed by atoms with Crippen molar-refractivity contribution in [2.24, 2.45) is 0 Å². The molecule has 0 amide bonds. The first-order valence-corrected chi connectivity index (χ1v) is 8.65. The zero-order chi connectivity index (χ0) is 14.2. The van der Waals surface area contributed by atoms with Crippen LogP contribution in [-0.4, -0.2) is 24.5 Å². The normalized spacial score (nSPS) is 18.2. The summed E-state index contributed by atoms with van der Waals surface area (Å²) in [6.45, 7) is 8.42. The molecule has 0 heterocycles. The lowest BCUT2D eigenvalue weighted by molar-refractivity contribution is 0.264. The number of benzene rings is 1. The van der Waals surface area contributed by atoms with Crippen LogP contribution in [0.15, 0.2) is 24.3 Å². The monoisotopic (exact) mass is 273 g/mol. The summed E-state index contributed by atoms with van der Waals surface area (Å²) in [5.41, 5.74) is 3.26. The predicted octanol–water partition coefficient (Wildman–Crippen LogP) is 5.01. The molecule has 20 heavy (non-hydrogen) atoms. The maximum atomic E-state index is 2.65. The van der Waals surface area contributed by atoms with E-state index < -0.39 is 0 Å². The third-order valence-electron chi connectivity index (χ3n) is 4.60. The third-order valence-corrected chi connectivity index (χ3v) is 4.60. The van der Waals surface area contributed by atoms with Gasteiger partial charge in [-0.1, -0.05) is 38.1 Å². The van der Waals surface area contributed by atoms with Crippen molar-refractivity contribution in [3.05, 3.63) is 35.4 Å². The topological polar surface area (TPSA) is 3.24 Å². The number of nitrogens with zero attached hydrogens (tertiary/aromatic N) is 1. The summed E-state index contributed by atoms with van der Waals surface area (Å²) >= 11 is 0. The lowest BCUT2D eigenvalue weighted by Crippen LogP contribution is -2.27. The Kier molecular flexibility index (Phi) is 6.59. The molecule has 0 aliphatic heterocycles. The van der Waals surface area contributed by atoms with Gasteiger partial charge >= 0.3 is 0 Å². The Morgan fingerprint density at radius 3 is 2.55 bits per heavy atom. The quantitative estimate of drug-likeness (QED) is 0.643. The molecule has 2 rings (SSSR count). The standard InChI is InChI=1S/C19H31N/c1-3-14-20(15-4-2)16-8-12-18-11-7-10-17-9-5-6-13-19(17)18/h5-6,9,13,18H,3-4,7-8,10-12,14-16H2,1-2H3/t18-/m1/s1. The van der Waals surface area contributed by atoms with Gasteiger partial charge in [-0.25, -0.2) is 0 Å². The Bertz CT molecular complexity index is 379. The van der Waals surface area contributed by atoms with Crippen LogP contribution in [0.1, 0.15) is 69.4 Å². The molecule has 0 saturated carbocycles. The van der Waals surface area contributed by atoms with Gasteiger partial charge in [0, 0.05) is 0 Å². The van der Waals surface area contributed by atoms with Crippen LogP contribution in [0, 0.1) is 0 Å². The highest BCUT2D eigenvalue weighted by atomic mass is 15.1. The number of hydrogen-bond donors (Lipinski definition) is 0.